The van der Waals surface area contributed by atoms with E-state index in [-0.39, 0.29) is 30.7 Å². The Morgan fingerprint density at radius 3 is 2.85 bits per heavy atom. The highest BCUT2D eigenvalue weighted by molar-refractivity contribution is 5.87. The molecular formula is C18H21F2N5O2. The number of hydrogen-bond acceptors (Lipinski definition) is 6. The zero-order chi connectivity index (χ0) is 19.6. The van der Waals surface area contributed by atoms with Gasteiger partial charge in [0.05, 0.1) is 6.54 Å². The number of piperidine rings is 1. The van der Waals surface area contributed by atoms with Gasteiger partial charge < -0.3 is 20.1 Å². The van der Waals surface area contributed by atoms with Crippen LogP contribution in [0.2, 0.25) is 0 Å². The number of alkyl halides is 2. The molecule has 1 amide bonds. The summed E-state index contributed by atoms with van der Waals surface area (Å²) in [6, 6.07) is 5.37. The molecule has 144 valence electrons. The highest BCUT2D eigenvalue weighted by Crippen LogP contribution is 2.39. The number of hydrogen-bond donors (Lipinski definition) is 2. The molecule has 1 fully saturated rings. The molecule has 2 aromatic rings. The van der Waals surface area contributed by atoms with Crippen LogP contribution in [0.1, 0.15) is 37.6 Å². The summed E-state index contributed by atoms with van der Waals surface area (Å²) in [5.74, 6) is -4.27. The zero-order valence-electron chi connectivity index (χ0n) is 15.1. The second-order valence-electron chi connectivity index (χ2n) is 6.88. The molecule has 1 aliphatic heterocycles. The van der Waals surface area contributed by atoms with Crippen molar-refractivity contribution in [1.29, 1.82) is 5.41 Å². The van der Waals surface area contributed by atoms with Crippen molar-refractivity contribution in [2.24, 2.45) is 0 Å². The molecule has 27 heavy (non-hydrogen) atoms. The highest BCUT2D eigenvalue weighted by Gasteiger charge is 2.48. The van der Waals surface area contributed by atoms with Gasteiger partial charge in [0.15, 0.2) is 0 Å². The van der Waals surface area contributed by atoms with Crippen LogP contribution >= 0.6 is 0 Å². The standard InChI is InChI=1S/C18H21F2N5O2/c1-11(2)22-15-7-12(3-4-13(15)8-21)16-23-17(27-24-16)14-5-6-25(10-26)9-18(14,19)20/h3-4,7-8,10-11,14,21-22H,5-6,9H2,1-2H3. The van der Waals surface area contributed by atoms with Crippen molar-refractivity contribution in [2.75, 3.05) is 18.4 Å². The first-order chi connectivity index (χ1) is 12.8. The summed E-state index contributed by atoms with van der Waals surface area (Å²) >= 11 is 0. The number of carbonyl (C=O) groups is 1. The van der Waals surface area contributed by atoms with Gasteiger partial charge in [0, 0.05) is 35.6 Å². The average Bonchev–Trinajstić information content (AvgIpc) is 3.09. The van der Waals surface area contributed by atoms with Gasteiger partial charge in [0.1, 0.15) is 5.92 Å². The Balaban J connectivity index is 1.88. The van der Waals surface area contributed by atoms with E-state index in [2.05, 4.69) is 15.5 Å². The van der Waals surface area contributed by atoms with Crippen LogP contribution in [-0.2, 0) is 4.79 Å². The first-order valence-electron chi connectivity index (χ1n) is 8.66. The monoisotopic (exact) mass is 377 g/mol. The number of anilines is 1. The molecule has 0 radical (unpaired) electrons. The molecule has 1 aromatic carbocycles. The van der Waals surface area contributed by atoms with E-state index < -0.39 is 18.4 Å². The minimum Gasteiger partial charge on any atom is -0.382 e. The second kappa shape index (κ2) is 7.42. The van der Waals surface area contributed by atoms with Crippen molar-refractivity contribution in [2.45, 2.75) is 38.2 Å². The second-order valence-corrected chi connectivity index (χ2v) is 6.88. The highest BCUT2D eigenvalue weighted by atomic mass is 19.3. The van der Waals surface area contributed by atoms with Gasteiger partial charge in [-0.1, -0.05) is 17.3 Å². The van der Waals surface area contributed by atoms with Gasteiger partial charge >= 0.3 is 0 Å². The molecule has 0 aliphatic carbocycles. The first-order valence-corrected chi connectivity index (χ1v) is 8.66. The van der Waals surface area contributed by atoms with Crippen molar-refractivity contribution < 1.29 is 18.1 Å². The molecule has 7 nitrogen and oxygen atoms in total. The van der Waals surface area contributed by atoms with Gasteiger partial charge in [-0.25, -0.2) is 8.78 Å². The summed E-state index contributed by atoms with van der Waals surface area (Å²) < 4.78 is 33.8. The van der Waals surface area contributed by atoms with Crippen LogP contribution in [-0.4, -0.2) is 52.7 Å². The fourth-order valence-corrected chi connectivity index (χ4v) is 3.11. The lowest BCUT2D eigenvalue weighted by atomic mass is 9.93. The van der Waals surface area contributed by atoms with Crippen LogP contribution in [0.15, 0.2) is 22.7 Å². The van der Waals surface area contributed by atoms with Crippen LogP contribution in [0.4, 0.5) is 14.5 Å². The molecule has 1 saturated heterocycles. The van der Waals surface area contributed by atoms with Crippen molar-refractivity contribution >= 4 is 18.3 Å². The maximum Gasteiger partial charge on any atom is 0.276 e. The molecule has 2 heterocycles. The Morgan fingerprint density at radius 2 is 2.22 bits per heavy atom. The van der Waals surface area contributed by atoms with Crippen LogP contribution in [0.25, 0.3) is 11.4 Å². The first kappa shape index (κ1) is 18.9. The fourth-order valence-electron chi connectivity index (χ4n) is 3.11. The van der Waals surface area contributed by atoms with Gasteiger partial charge in [-0.3, -0.25) is 4.79 Å². The number of rotatable bonds is 6. The number of nitrogens with zero attached hydrogens (tertiary/aromatic N) is 3. The zero-order valence-corrected chi connectivity index (χ0v) is 15.1. The van der Waals surface area contributed by atoms with Crippen LogP contribution in [0, 0.1) is 5.41 Å². The van der Waals surface area contributed by atoms with E-state index in [0.717, 1.165) is 10.6 Å². The number of nitrogens with one attached hydrogen (secondary N) is 2. The minimum atomic E-state index is -3.13. The summed E-state index contributed by atoms with van der Waals surface area (Å²) in [6.07, 6.45) is 1.72. The van der Waals surface area contributed by atoms with Crippen molar-refractivity contribution in [3.8, 4) is 11.4 Å². The molecule has 9 heteroatoms. The van der Waals surface area contributed by atoms with Gasteiger partial charge in [-0.05, 0) is 26.3 Å². The van der Waals surface area contributed by atoms with Gasteiger partial charge in [-0.2, -0.15) is 4.98 Å². The number of benzene rings is 1. The van der Waals surface area contributed by atoms with E-state index in [1.807, 2.05) is 13.8 Å². The predicted octanol–water partition coefficient (Wildman–Crippen LogP) is 3.14. The third-order valence-electron chi connectivity index (χ3n) is 4.43. The maximum atomic E-state index is 14.3. The quantitative estimate of drug-likeness (QED) is 0.596. The number of amides is 1. The lowest BCUT2D eigenvalue weighted by Gasteiger charge is -2.34. The summed E-state index contributed by atoms with van der Waals surface area (Å²) in [6.45, 7) is 3.51. The Kier molecular flexibility index (Phi) is 5.20. The van der Waals surface area contributed by atoms with Gasteiger partial charge in [-0.15, -0.1) is 0 Å². The smallest absolute Gasteiger partial charge is 0.276 e. The van der Waals surface area contributed by atoms with Gasteiger partial charge in [0.25, 0.3) is 5.92 Å². The van der Waals surface area contributed by atoms with Crippen LogP contribution in [0.5, 0.6) is 0 Å². The molecule has 2 N–H and O–H groups in total. The number of aromatic nitrogens is 2. The van der Waals surface area contributed by atoms with Crippen molar-refractivity contribution in [1.82, 2.24) is 15.0 Å². The molecule has 1 atom stereocenters. The molecule has 1 unspecified atom stereocenters. The Bertz CT molecular complexity index is 837. The number of halogens is 2. The molecule has 0 saturated carbocycles. The van der Waals surface area contributed by atoms with E-state index in [0.29, 0.717) is 17.5 Å². The molecule has 0 spiro atoms. The van der Waals surface area contributed by atoms with E-state index in [1.54, 1.807) is 18.2 Å². The summed E-state index contributed by atoms with van der Waals surface area (Å²) in [5, 5.41) is 14.6. The summed E-state index contributed by atoms with van der Waals surface area (Å²) in [5.41, 5.74) is 2.03. The lowest BCUT2D eigenvalue weighted by Crippen LogP contribution is -2.46. The minimum absolute atomic E-state index is 0.0558. The van der Waals surface area contributed by atoms with Crippen molar-refractivity contribution in [3.05, 3.63) is 29.7 Å². The number of likely N-dealkylation sites (tertiary alicyclic amines) is 1. The van der Waals surface area contributed by atoms with E-state index >= 15 is 0 Å². The molecular weight excluding hydrogens is 356 g/mol. The largest absolute Gasteiger partial charge is 0.382 e. The molecule has 1 aliphatic rings. The SMILES string of the molecule is CC(C)Nc1cc(-c2noc(C3CCN(C=O)CC3(F)F)n2)ccc1C=N. The van der Waals surface area contributed by atoms with Crippen molar-refractivity contribution in [3.63, 3.8) is 0 Å². The Hall–Kier alpha value is -2.84. The topological polar surface area (TPSA) is 95.1 Å². The molecule has 3 rings (SSSR count). The predicted molar refractivity (Wildman–Crippen MR) is 96.3 cm³/mol. The molecule has 0 bridgehead atoms. The normalized spacial score (nSPS) is 19.1. The van der Waals surface area contributed by atoms with Crippen LogP contribution in [0.3, 0.4) is 0 Å². The van der Waals surface area contributed by atoms with E-state index in [9.17, 15) is 13.6 Å². The van der Waals surface area contributed by atoms with Crippen LogP contribution < -0.4 is 5.32 Å². The van der Waals surface area contributed by atoms with E-state index in [4.69, 9.17) is 9.93 Å². The average molecular weight is 377 g/mol. The van der Waals surface area contributed by atoms with Gasteiger partial charge in [0.2, 0.25) is 18.1 Å². The van der Waals surface area contributed by atoms with E-state index in [1.165, 1.54) is 6.21 Å². The fraction of sp³-hybridized carbons (Fsp3) is 0.444. The summed E-state index contributed by atoms with van der Waals surface area (Å²) in [7, 11) is 0. The third kappa shape index (κ3) is 3.96. The third-order valence-corrected chi connectivity index (χ3v) is 4.43. The Labute approximate surface area is 155 Å². The Morgan fingerprint density at radius 1 is 1.44 bits per heavy atom. The maximum absolute atomic E-state index is 14.3. The molecule has 1 aromatic heterocycles. The summed E-state index contributed by atoms with van der Waals surface area (Å²) in [4.78, 5) is 16.0. The lowest BCUT2D eigenvalue weighted by molar-refractivity contribution is -0.132. The number of carbonyl (C=O) groups excluding carboxylic acids is 1.